The number of hydrogen-bond donors (Lipinski definition) is 0. The van der Waals surface area contributed by atoms with E-state index in [4.69, 9.17) is 0 Å². The highest BCUT2D eigenvalue weighted by atomic mass is 32.2. The summed E-state index contributed by atoms with van der Waals surface area (Å²) in [5.41, 5.74) is 1.28. The highest BCUT2D eigenvalue weighted by Gasteiger charge is 2.41. The molecule has 1 saturated heterocycles. The lowest BCUT2D eigenvalue weighted by Gasteiger charge is -2.36. The number of nitrogens with zero attached hydrogens (tertiary/aromatic N) is 1. The topological polar surface area (TPSA) is 54.5 Å². The summed E-state index contributed by atoms with van der Waals surface area (Å²) in [5.74, 6) is 0.191. The van der Waals surface area contributed by atoms with Gasteiger partial charge in [0.2, 0.25) is 5.91 Å². The molecule has 3 rings (SSSR count). The van der Waals surface area contributed by atoms with Crippen LogP contribution in [0.1, 0.15) is 24.5 Å². The van der Waals surface area contributed by atoms with Crippen molar-refractivity contribution in [1.29, 1.82) is 0 Å². The molecule has 2 unspecified atom stereocenters. The van der Waals surface area contributed by atoms with Gasteiger partial charge in [-0.15, -0.1) is 0 Å². The average Bonchev–Trinajstić information content (AvgIpc) is 3.02. The lowest BCUT2D eigenvalue weighted by molar-refractivity contribution is -0.137. The molecular formula is C21H25NO3S. The zero-order valence-electron chi connectivity index (χ0n) is 15.3. The lowest BCUT2D eigenvalue weighted by atomic mass is 9.76. The van der Waals surface area contributed by atoms with E-state index in [2.05, 4.69) is 0 Å². The van der Waals surface area contributed by atoms with E-state index in [9.17, 15) is 13.2 Å². The third-order valence-electron chi connectivity index (χ3n) is 5.36. The van der Waals surface area contributed by atoms with Crippen LogP contribution in [0.25, 0.3) is 0 Å². The molecule has 26 heavy (non-hydrogen) atoms. The number of hydrogen-bond acceptors (Lipinski definition) is 3. The smallest absolute Gasteiger partial charge is 0.233 e. The Morgan fingerprint density at radius 2 is 1.65 bits per heavy atom. The van der Waals surface area contributed by atoms with Crippen molar-refractivity contribution in [1.82, 2.24) is 4.90 Å². The fraction of sp³-hybridized carbons (Fsp3) is 0.381. The quantitative estimate of drug-likeness (QED) is 0.812. The van der Waals surface area contributed by atoms with E-state index >= 15 is 0 Å². The van der Waals surface area contributed by atoms with E-state index in [0.29, 0.717) is 12.8 Å². The molecule has 1 aliphatic rings. The van der Waals surface area contributed by atoms with Gasteiger partial charge in [0, 0.05) is 13.1 Å². The zero-order chi connectivity index (χ0) is 18.8. The summed E-state index contributed by atoms with van der Waals surface area (Å²) in [5, 5.41) is 0. The molecule has 0 N–H and O–H groups in total. The Balaban J connectivity index is 1.94. The van der Waals surface area contributed by atoms with Gasteiger partial charge in [-0.25, -0.2) is 8.42 Å². The number of carbonyl (C=O) groups excluding carboxylic acids is 1. The number of amides is 1. The summed E-state index contributed by atoms with van der Waals surface area (Å²) in [7, 11) is -1.30. The molecule has 1 fully saturated rings. The Morgan fingerprint density at radius 1 is 1.08 bits per heavy atom. The molecule has 1 amide bonds. The normalized spacial score (nSPS) is 21.1. The fourth-order valence-corrected chi connectivity index (χ4v) is 5.52. The van der Waals surface area contributed by atoms with E-state index in [1.54, 1.807) is 11.9 Å². The maximum absolute atomic E-state index is 13.5. The highest BCUT2D eigenvalue weighted by molar-refractivity contribution is 7.91. The molecule has 138 valence electrons. The van der Waals surface area contributed by atoms with Crippen molar-refractivity contribution in [2.75, 3.05) is 18.6 Å². The Hall–Kier alpha value is -2.14. The van der Waals surface area contributed by atoms with Gasteiger partial charge in [0.05, 0.1) is 16.9 Å². The fourth-order valence-electron chi connectivity index (χ4n) is 3.75. The van der Waals surface area contributed by atoms with Gasteiger partial charge in [0.15, 0.2) is 9.84 Å². The number of carbonyl (C=O) groups is 1. The van der Waals surface area contributed by atoms with Crippen LogP contribution in [0.5, 0.6) is 0 Å². The molecule has 0 aromatic heterocycles. The minimum absolute atomic E-state index is 0.0327. The molecule has 5 heteroatoms. The standard InChI is InChI=1S/C21H25NO3S/c1-21(18-11-7-4-8-12-18,15-17-9-5-3-6-10-17)20(23)22(2)19-13-14-26(24,25)16-19/h3-12,19H,13-16H2,1-2H3. The van der Waals surface area contributed by atoms with Crippen molar-refractivity contribution < 1.29 is 13.2 Å². The predicted octanol–water partition coefficient (Wildman–Crippen LogP) is 2.83. The second kappa shape index (κ2) is 7.23. The number of likely N-dealkylation sites (N-methyl/N-ethyl adjacent to an activating group) is 1. The molecule has 0 aliphatic carbocycles. The van der Waals surface area contributed by atoms with Gasteiger partial charge in [-0.1, -0.05) is 60.7 Å². The molecule has 2 atom stereocenters. The summed E-state index contributed by atoms with van der Waals surface area (Å²) in [4.78, 5) is 15.2. The first-order valence-corrected chi connectivity index (χ1v) is 10.7. The van der Waals surface area contributed by atoms with Crippen molar-refractivity contribution in [2.24, 2.45) is 0 Å². The third kappa shape index (κ3) is 3.83. The van der Waals surface area contributed by atoms with E-state index < -0.39 is 15.3 Å². The molecule has 2 aromatic rings. The van der Waals surface area contributed by atoms with Gasteiger partial charge in [0.25, 0.3) is 0 Å². The van der Waals surface area contributed by atoms with Crippen molar-refractivity contribution in [2.45, 2.75) is 31.2 Å². The van der Waals surface area contributed by atoms with Gasteiger partial charge in [0.1, 0.15) is 0 Å². The molecule has 1 aliphatic heterocycles. The predicted molar refractivity (Wildman–Crippen MR) is 104 cm³/mol. The molecular weight excluding hydrogens is 346 g/mol. The molecule has 0 bridgehead atoms. The van der Waals surface area contributed by atoms with Gasteiger partial charge in [-0.3, -0.25) is 4.79 Å². The van der Waals surface area contributed by atoms with Crippen LogP contribution in [0.15, 0.2) is 60.7 Å². The van der Waals surface area contributed by atoms with E-state index in [-0.39, 0.29) is 23.5 Å². The minimum atomic E-state index is -3.04. The number of sulfone groups is 1. The summed E-state index contributed by atoms with van der Waals surface area (Å²) in [6, 6.07) is 19.5. The summed E-state index contributed by atoms with van der Waals surface area (Å²) in [6.45, 7) is 1.96. The first-order chi connectivity index (χ1) is 12.3. The van der Waals surface area contributed by atoms with Crippen molar-refractivity contribution in [3.63, 3.8) is 0 Å². The highest BCUT2D eigenvalue weighted by Crippen LogP contribution is 2.32. The summed E-state index contributed by atoms with van der Waals surface area (Å²) in [6.07, 6.45) is 1.08. The lowest BCUT2D eigenvalue weighted by Crippen LogP contribution is -2.49. The first-order valence-electron chi connectivity index (χ1n) is 8.89. The van der Waals surface area contributed by atoms with Crippen LogP contribution in [-0.4, -0.2) is 43.8 Å². The molecule has 4 nitrogen and oxygen atoms in total. The molecule has 0 saturated carbocycles. The van der Waals surface area contributed by atoms with Gasteiger partial charge < -0.3 is 4.90 Å². The van der Waals surface area contributed by atoms with Crippen molar-refractivity contribution in [3.05, 3.63) is 71.8 Å². The van der Waals surface area contributed by atoms with E-state index in [0.717, 1.165) is 11.1 Å². The Bertz CT molecular complexity index is 865. The van der Waals surface area contributed by atoms with Crippen LogP contribution >= 0.6 is 0 Å². The van der Waals surface area contributed by atoms with Crippen LogP contribution in [-0.2, 0) is 26.5 Å². The minimum Gasteiger partial charge on any atom is -0.341 e. The van der Waals surface area contributed by atoms with Crippen LogP contribution in [0.4, 0.5) is 0 Å². The van der Waals surface area contributed by atoms with Crippen LogP contribution in [0.3, 0.4) is 0 Å². The van der Waals surface area contributed by atoms with Crippen molar-refractivity contribution >= 4 is 15.7 Å². The third-order valence-corrected chi connectivity index (χ3v) is 7.11. The zero-order valence-corrected chi connectivity index (χ0v) is 16.1. The maximum atomic E-state index is 13.5. The van der Waals surface area contributed by atoms with Crippen LogP contribution < -0.4 is 0 Å². The molecule has 2 aromatic carbocycles. The second-order valence-corrected chi connectivity index (χ2v) is 9.56. The number of rotatable bonds is 5. The van der Waals surface area contributed by atoms with E-state index in [1.807, 2.05) is 67.6 Å². The Labute approximate surface area is 155 Å². The first kappa shape index (κ1) is 18.6. The van der Waals surface area contributed by atoms with Crippen LogP contribution in [0.2, 0.25) is 0 Å². The largest absolute Gasteiger partial charge is 0.341 e. The molecule has 0 radical (unpaired) electrons. The van der Waals surface area contributed by atoms with Gasteiger partial charge in [-0.2, -0.15) is 0 Å². The van der Waals surface area contributed by atoms with Crippen molar-refractivity contribution in [3.8, 4) is 0 Å². The SMILES string of the molecule is CN(C(=O)C(C)(Cc1ccccc1)c1ccccc1)C1CCS(=O)(=O)C1. The summed E-state index contributed by atoms with van der Waals surface area (Å²) >= 11 is 0. The monoisotopic (exact) mass is 371 g/mol. The molecule has 0 spiro atoms. The number of benzene rings is 2. The Morgan fingerprint density at radius 3 is 2.19 bits per heavy atom. The second-order valence-electron chi connectivity index (χ2n) is 7.33. The van der Waals surface area contributed by atoms with E-state index in [1.165, 1.54) is 0 Å². The average molecular weight is 372 g/mol. The molecule has 1 heterocycles. The maximum Gasteiger partial charge on any atom is 0.233 e. The summed E-state index contributed by atoms with van der Waals surface area (Å²) < 4.78 is 23.7. The van der Waals surface area contributed by atoms with Crippen LogP contribution in [0, 0.1) is 0 Å². The van der Waals surface area contributed by atoms with Gasteiger partial charge >= 0.3 is 0 Å². The van der Waals surface area contributed by atoms with Gasteiger partial charge in [-0.05, 0) is 30.9 Å². The Kier molecular flexibility index (Phi) is 5.19.